The molecule has 86 valence electrons. The standard InChI is InChI=1S/C12H21NOS/c1-11(2)9-5-6-12(11,10(14)7-9)8-15(3,4)13/h9H,3-8,13H2,1-2H3/t9-,12-/m0/s1. The molecule has 2 saturated carbocycles. The summed E-state index contributed by atoms with van der Waals surface area (Å²) in [7, 11) is -1.58. The van der Waals surface area contributed by atoms with E-state index >= 15 is 0 Å². The maximum atomic E-state index is 12.2. The van der Waals surface area contributed by atoms with Gasteiger partial charge < -0.3 is 0 Å². The summed E-state index contributed by atoms with van der Waals surface area (Å²) in [6, 6.07) is 0. The van der Waals surface area contributed by atoms with E-state index in [0.717, 1.165) is 12.8 Å². The quantitative estimate of drug-likeness (QED) is 0.732. The molecule has 0 radical (unpaired) electrons. The van der Waals surface area contributed by atoms with Crippen LogP contribution in [0, 0.1) is 16.7 Å². The highest BCUT2D eigenvalue weighted by Crippen LogP contribution is 2.65. The third-order valence-corrected chi connectivity index (χ3v) is 5.74. The molecule has 0 aliphatic heterocycles. The van der Waals surface area contributed by atoms with Crippen LogP contribution < -0.4 is 5.14 Å². The molecule has 15 heavy (non-hydrogen) atoms. The average Bonchev–Trinajstić information content (AvgIpc) is 2.34. The fraction of sp³-hybridized carbons (Fsp3) is 0.750. The first-order valence-corrected chi connectivity index (χ1v) is 7.68. The molecule has 3 heteroatoms. The van der Waals surface area contributed by atoms with E-state index in [9.17, 15) is 4.79 Å². The lowest BCUT2D eigenvalue weighted by atomic mass is 9.70. The van der Waals surface area contributed by atoms with Gasteiger partial charge >= 0.3 is 0 Å². The number of nitrogens with two attached hydrogens (primary N) is 1. The summed E-state index contributed by atoms with van der Waals surface area (Å²) in [5.74, 6) is 9.57. The van der Waals surface area contributed by atoms with Crippen LogP contribution in [-0.2, 0) is 4.79 Å². The second kappa shape index (κ2) is 2.89. The Morgan fingerprint density at radius 2 is 2.13 bits per heavy atom. The van der Waals surface area contributed by atoms with Crippen molar-refractivity contribution in [2.45, 2.75) is 33.1 Å². The summed E-state index contributed by atoms with van der Waals surface area (Å²) in [6.45, 7) is 4.45. The van der Waals surface area contributed by atoms with Crippen molar-refractivity contribution in [1.82, 2.24) is 0 Å². The number of carbonyl (C=O) groups is 1. The third kappa shape index (κ3) is 1.40. The van der Waals surface area contributed by atoms with Gasteiger partial charge in [-0.25, -0.2) is 0 Å². The molecule has 2 aliphatic carbocycles. The van der Waals surface area contributed by atoms with E-state index in [1.807, 2.05) is 0 Å². The predicted octanol–water partition coefficient (Wildman–Crippen LogP) is 1.92. The average molecular weight is 227 g/mol. The van der Waals surface area contributed by atoms with Crippen molar-refractivity contribution in [1.29, 1.82) is 0 Å². The largest absolute Gasteiger partial charge is 0.299 e. The van der Waals surface area contributed by atoms with Gasteiger partial charge in [0.2, 0.25) is 0 Å². The Balaban J connectivity index is 2.45. The molecule has 2 aliphatic rings. The van der Waals surface area contributed by atoms with Crippen LogP contribution >= 0.6 is 9.39 Å². The highest BCUT2D eigenvalue weighted by Gasteiger charge is 2.63. The Morgan fingerprint density at radius 1 is 1.53 bits per heavy atom. The molecule has 0 aromatic rings. The number of Topliss-reactive ketones (excluding diaryl/α,β-unsaturated/α-hetero) is 1. The molecule has 0 aromatic heterocycles. The van der Waals surface area contributed by atoms with Crippen molar-refractivity contribution >= 4 is 26.9 Å². The van der Waals surface area contributed by atoms with Gasteiger partial charge in [-0.05, 0) is 24.2 Å². The highest BCUT2D eigenvalue weighted by molar-refractivity contribution is 8.25. The van der Waals surface area contributed by atoms with Crippen LogP contribution in [0.15, 0.2) is 0 Å². The zero-order valence-corrected chi connectivity index (χ0v) is 10.5. The van der Waals surface area contributed by atoms with E-state index < -0.39 is 9.39 Å². The molecule has 0 amide bonds. The minimum absolute atomic E-state index is 0.108. The Morgan fingerprint density at radius 3 is 2.47 bits per heavy atom. The maximum Gasteiger partial charge on any atom is 0.140 e. The van der Waals surface area contributed by atoms with Crippen LogP contribution in [0.4, 0.5) is 0 Å². The Bertz CT molecular complexity index is 407. The van der Waals surface area contributed by atoms with Crippen LogP contribution in [0.5, 0.6) is 0 Å². The monoisotopic (exact) mass is 227 g/mol. The Labute approximate surface area is 92.8 Å². The first-order chi connectivity index (χ1) is 6.69. The van der Waals surface area contributed by atoms with Crippen LogP contribution in [0.2, 0.25) is 0 Å². The fourth-order valence-corrected chi connectivity index (χ4v) is 5.26. The van der Waals surface area contributed by atoms with Gasteiger partial charge in [0.05, 0.1) is 0 Å². The van der Waals surface area contributed by atoms with E-state index in [4.69, 9.17) is 5.14 Å². The molecule has 0 spiro atoms. The molecular formula is C12H21NOS. The molecule has 2 N–H and O–H groups in total. The highest BCUT2D eigenvalue weighted by atomic mass is 32.2. The summed E-state index contributed by atoms with van der Waals surface area (Å²) in [5.41, 5.74) is -0.0949. The molecule has 0 aromatic carbocycles. The lowest BCUT2D eigenvalue weighted by Gasteiger charge is -2.38. The number of rotatable bonds is 2. The minimum Gasteiger partial charge on any atom is -0.299 e. The fourth-order valence-electron chi connectivity index (χ4n) is 3.60. The molecule has 0 heterocycles. The van der Waals surface area contributed by atoms with E-state index in [-0.39, 0.29) is 10.8 Å². The van der Waals surface area contributed by atoms with Crippen molar-refractivity contribution in [3.63, 3.8) is 0 Å². The zero-order chi connectivity index (χ0) is 11.5. The van der Waals surface area contributed by atoms with Crippen LogP contribution in [0.1, 0.15) is 33.1 Å². The van der Waals surface area contributed by atoms with Gasteiger partial charge in [0, 0.05) is 17.6 Å². The summed E-state index contributed by atoms with van der Waals surface area (Å²) < 4.78 is 0. The first kappa shape index (κ1) is 11.2. The lowest BCUT2D eigenvalue weighted by molar-refractivity contribution is -0.127. The van der Waals surface area contributed by atoms with E-state index in [1.54, 1.807) is 0 Å². The summed E-state index contributed by atoms with van der Waals surface area (Å²) in [6.07, 6.45) is 2.93. The van der Waals surface area contributed by atoms with E-state index in [2.05, 4.69) is 25.6 Å². The van der Waals surface area contributed by atoms with Crippen LogP contribution in [0.25, 0.3) is 0 Å². The van der Waals surface area contributed by atoms with Crippen molar-refractivity contribution < 1.29 is 4.79 Å². The predicted molar refractivity (Wildman–Crippen MR) is 69.4 cm³/mol. The van der Waals surface area contributed by atoms with E-state index in [1.165, 1.54) is 6.42 Å². The van der Waals surface area contributed by atoms with Gasteiger partial charge in [-0.1, -0.05) is 25.6 Å². The second-order valence-corrected chi connectivity index (χ2v) is 8.44. The smallest absolute Gasteiger partial charge is 0.140 e. The molecule has 2 fully saturated rings. The minimum atomic E-state index is -1.58. The van der Waals surface area contributed by atoms with Crippen molar-refractivity contribution in [3.8, 4) is 0 Å². The van der Waals surface area contributed by atoms with Crippen molar-refractivity contribution in [2.24, 2.45) is 21.9 Å². The Hall–Kier alpha value is -0.280. The van der Waals surface area contributed by atoms with Crippen molar-refractivity contribution in [3.05, 3.63) is 0 Å². The molecule has 2 atom stereocenters. The molecule has 0 unspecified atom stereocenters. The summed E-state index contributed by atoms with van der Waals surface area (Å²) in [5, 5.41) is 5.99. The van der Waals surface area contributed by atoms with E-state index in [0.29, 0.717) is 17.5 Å². The van der Waals surface area contributed by atoms with Gasteiger partial charge in [-0.3, -0.25) is 9.93 Å². The van der Waals surface area contributed by atoms with Gasteiger partial charge in [-0.2, -0.15) is 9.39 Å². The SMILES string of the molecule is C=S(=C)(N)C[C@@]12CC[C@@H](CC1=O)C2(C)C. The summed E-state index contributed by atoms with van der Waals surface area (Å²) in [4.78, 5) is 12.2. The topological polar surface area (TPSA) is 43.1 Å². The number of hydrogen-bond acceptors (Lipinski definition) is 2. The van der Waals surface area contributed by atoms with Gasteiger partial charge in [0.25, 0.3) is 0 Å². The van der Waals surface area contributed by atoms with Gasteiger partial charge in [0.15, 0.2) is 0 Å². The number of carbonyl (C=O) groups excluding carboxylic acids is 1. The molecular weight excluding hydrogens is 206 g/mol. The first-order valence-electron chi connectivity index (χ1n) is 5.47. The number of ketones is 1. The van der Waals surface area contributed by atoms with Crippen LogP contribution in [0.3, 0.4) is 0 Å². The molecule has 2 bridgehead atoms. The number of hydrogen-bond donors (Lipinski definition) is 1. The van der Waals surface area contributed by atoms with Gasteiger partial charge in [-0.15, -0.1) is 0 Å². The second-order valence-electron chi connectivity index (χ2n) is 5.92. The molecule has 0 saturated heterocycles. The Kier molecular flexibility index (Phi) is 2.16. The summed E-state index contributed by atoms with van der Waals surface area (Å²) >= 11 is 0. The zero-order valence-electron chi connectivity index (χ0n) is 9.71. The lowest BCUT2D eigenvalue weighted by Crippen LogP contribution is -2.40. The van der Waals surface area contributed by atoms with Crippen LogP contribution in [-0.4, -0.2) is 23.3 Å². The van der Waals surface area contributed by atoms with Gasteiger partial charge in [0.1, 0.15) is 5.78 Å². The third-order valence-electron chi connectivity index (χ3n) is 4.67. The maximum absolute atomic E-state index is 12.2. The molecule has 2 rings (SSSR count). The molecule has 2 nitrogen and oxygen atoms in total. The number of fused-ring (bicyclic) bond motifs is 2. The normalized spacial score (nSPS) is 38.6. The van der Waals surface area contributed by atoms with Crippen molar-refractivity contribution in [2.75, 3.05) is 5.75 Å².